The molecule has 1 unspecified atom stereocenters. The molecule has 0 bridgehead atoms. The van der Waals surface area contributed by atoms with Gasteiger partial charge in [-0.1, -0.05) is 19.9 Å². The van der Waals surface area contributed by atoms with Crippen LogP contribution in [-0.2, 0) is 4.74 Å². The molecule has 3 heteroatoms. The van der Waals surface area contributed by atoms with Gasteiger partial charge in [0.05, 0.1) is 5.56 Å². The molecule has 0 heterocycles. The predicted molar refractivity (Wildman–Crippen MR) is 70.0 cm³/mol. The third-order valence-corrected chi connectivity index (χ3v) is 3.06. The fraction of sp³-hybridized carbons (Fsp3) is 0.500. The molecule has 1 aromatic rings. The normalized spacial score (nSPS) is 12.6. The fourth-order valence-corrected chi connectivity index (χ4v) is 1.46. The molecule has 94 valence electrons. The van der Waals surface area contributed by atoms with E-state index in [4.69, 9.17) is 10.5 Å². The lowest BCUT2D eigenvalue weighted by molar-refractivity contribution is 0.0237. The quantitative estimate of drug-likeness (QED) is 0.647. The fourth-order valence-electron chi connectivity index (χ4n) is 1.46. The number of carbonyl (C=O) groups is 1. The molecule has 0 saturated carbocycles. The van der Waals surface area contributed by atoms with Crippen LogP contribution in [0.1, 0.15) is 42.3 Å². The van der Waals surface area contributed by atoms with E-state index in [2.05, 4.69) is 0 Å². The van der Waals surface area contributed by atoms with Gasteiger partial charge in [0, 0.05) is 5.69 Å². The average Bonchev–Trinajstić information content (AvgIpc) is 2.22. The Balaban J connectivity index is 2.93. The minimum atomic E-state index is -0.296. The van der Waals surface area contributed by atoms with Crippen LogP contribution in [0.3, 0.4) is 0 Å². The zero-order chi connectivity index (χ0) is 13.2. The van der Waals surface area contributed by atoms with Crippen LogP contribution in [0, 0.1) is 19.8 Å². The van der Waals surface area contributed by atoms with Crippen LogP contribution in [0.2, 0.25) is 0 Å². The van der Waals surface area contributed by atoms with Gasteiger partial charge in [-0.3, -0.25) is 0 Å². The molecule has 0 fully saturated rings. The lowest BCUT2D eigenvalue weighted by Crippen LogP contribution is -2.21. The SMILES string of the molecule is Cc1cc(C)c(C(=O)OC(C)C(C)C)cc1N. The Labute approximate surface area is 103 Å². The number of hydrogen-bond acceptors (Lipinski definition) is 3. The van der Waals surface area contributed by atoms with Crippen molar-refractivity contribution in [3.8, 4) is 0 Å². The minimum absolute atomic E-state index is 0.0931. The summed E-state index contributed by atoms with van der Waals surface area (Å²) in [5.74, 6) is 0.0115. The molecule has 17 heavy (non-hydrogen) atoms. The van der Waals surface area contributed by atoms with Crippen LogP contribution < -0.4 is 5.73 Å². The Kier molecular flexibility index (Phi) is 4.16. The summed E-state index contributed by atoms with van der Waals surface area (Å²) >= 11 is 0. The smallest absolute Gasteiger partial charge is 0.338 e. The maximum atomic E-state index is 12.0. The molecule has 1 atom stereocenters. The number of ether oxygens (including phenoxy) is 1. The van der Waals surface area contributed by atoms with Gasteiger partial charge < -0.3 is 10.5 Å². The van der Waals surface area contributed by atoms with E-state index in [0.29, 0.717) is 17.2 Å². The Bertz CT molecular complexity index is 424. The average molecular weight is 235 g/mol. The van der Waals surface area contributed by atoms with Crippen LogP contribution in [0.25, 0.3) is 0 Å². The van der Waals surface area contributed by atoms with Gasteiger partial charge in [-0.15, -0.1) is 0 Å². The van der Waals surface area contributed by atoms with E-state index in [1.165, 1.54) is 0 Å². The maximum absolute atomic E-state index is 12.0. The number of benzene rings is 1. The van der Waals surface area contributed by atoms with E-state index in [0.717, 1.165) is 11.1 Å². The van der Waals surface area contributed by atoms with Gasteiger partial charge in [-0.25, -0.2) is 4.79 Å². The minimum Gasteiger partial charge on any atom is -0.459 e. The molecule has 0 aliphatic carbocycles. The lowest BCUT2D eigenvalue weighted by atomic mass is 10.0. The van der Waals surface area contributed by atoms with E-state index in [-0.39, 0.29) is 12.1 Å². The van der Waals surface area contributed by atoms with Gasteiger partial charge in [-0.2, -0.15) is 0 Å². The zero-order valence-electron chi connectivity index (χ0n) is 11.2. The second-order valence-electron chi connectivity index (χ2n) is 4.88. The molecule has 0 spiro atoms. The van der Waals surface area contributed by atoms with Gasteiger partial charge in [0.25, 0.3) is 0 Å². The number of rotatable bonds is 3. The highest BCUT2D eigenvalue weighted by molar-refractivity contribution is 5.92. The monoisotopic (exact) mass is 235 g/mol. The van der Waals surface area contributed by atoms with Crippen molar-refractivity contribution in [1.82, 2.24) is 0 Å². The van der Waals surface area contributed by atoms with E-state index < -0.39 is 0 Å². The molecular formula is C14H21NO2. The molecule has 0 aliphatic heterocycles. The summed E-state index contributed by atoms with van der Waals surface area (Å²) < 4.78 is 5.38. The number of hydrogen-bond donors (Lipinski definition) is 1. The first-order chi connectivity index (χ1) is 7.82. The summed E-state index contributed by atoms with van der Waals surface area (Å²) in [7, 11) is 0. The summed E-state index contributed by atoms with van der Waals surface area (Å²) in [6.07, 6.45) is -0.0931. The van der Waals surface area contributed by atoms with Crippen molar-refractivity contribution < 1.29 is 9.53 Å². The van der Waals surface area contributed by atoms with Crippen molar-refractivity contribution in [2.75, 3.05) is 5.73 Å². The van der Waals surface area contributed by atoms with Gasteiger partial charge in [0.1, 0.15) is 6.10 Å². The topological polar surface area (TPSA) is 52.3 Å². The van der Waals surface area contributed by atoms with Gasteiger partial charge in [0.15, 0.2) is 0 Å². The molecule has 0 saturated heterocycles. The van der Waals surface area contributed by atoms with Crippen molar-refractivity contribution >= 4 is 11.7 Å². The molecule has 0 radical (unpaired) electrons. The highest BCUT2D eigenvalue weighted by Crippen LogP contribution is 2.19. The summed E-state index contributed by atoms with van der Waals surface area (Å²) in [6.45, 7) is 9.76. The second kappa shape index (κ2) is 5.21. The molecule has 1 aromatic carbocycles. The first-order valence-electron chi connectivity index (χ1n) is 5.90. The van der Waals surface area contributed by atoms with Crippen LogP contribution in [0.4, 0.5) is 5.69 Å². The van der Waals surface area contributed by atoms with E-state index >= 15 is 0 Å². The number of nitrogens with two attached hydrogens (primary N) is 1. The van der Waals surface area contributed by atoms with Crippen molar-refractivity contribution in [3.05, 3.63) is 28.8 Å². The summed E-state index contributed by atoms with van der Waals surface area (Å²) in [6, 6.07) is 3.60. The van der Waals surface area contributed by atoms with E-state index in [1.54, 1.807) is 6.07 Å². The first-order valence-corrected chi connectivity index (χ1v) is 5.90. The van der Waals surface area contributed by atoms with Crippen LogP contribution in [0.5, 0.6) is 0 Å². The third-order valence-electron chi connectivity index (χ3n) is 3.06. The van der Waals surface area contributed by atoms with Crippen molar-refractivity contribution in [3.63, 3.8) is 0 Å². The predicted octanol–water partition coefficient (Wildman–Crippen LogP) is 3.09. The van der Waals surface area contributed by atoms with Gasteiger partial charge >= 0.3 is 5.97 Å². The van der Waals surface area contributed by atoms with E-state index in [9.17, 15) is 4.79 Å². The molecule has 1 rings (SSSR count). The number of carbonyl (C=O) groups excluding carboxylic acids is 1. The molecular weight excluding hydrogens is 214 g/mol. The van der Waals surface area contributed by atoms with Gasteiger partial charge in [0.2, 0.25) is 0 Å². The Morgan fingerprint density at radius 3 is 2.29 bits per heavy atom. The highest BCUT2D eigenvalue weighted by Gasteiger charge is 2.17. The summed E-state index contributed by atoms with van der Waals surface area (Å²) in [5, 5.41) is 0. The molecule has 0 aromatic heterocycles. The largest absolute Gasteiger partial charge is 0.459 e. The Morgan fingerprint density at radius 2 is 1.76 bits per heavy atom. The maximum Gasteiger partial charge on any atom is 0.338 e. The summed E-state index contributed by atoms with van der Waals surface area (Å²) in [5.41, 5.74) is 8.87. The molecule has 2 N–H and O–H groups in total. The zero-order valence-corrected chi connectivity index (χ0v) is 11.2. The molecule has 0 aliphatic rings. The summed E-state index contributed by atoms with van der Waals surface area (Å²) in [4.78, 5) is 12.0. The third kappa shape index (κ3) is 3.22. The first kappa shape index (κ1) is 13.6. The molecule has 0 amide bonds. The van der Waals surface area contributed by atoms with Crippen molar-refractivity contribution in [1.29, 1.82) is 0 Å². The van der Waals surface area contributed by atoms with Crippen LogP contribution in [-0.4, -0.2) is 12.1 Å². The van der Waals surface area contributed by atoms with Crippen LogP contribution in [0.15, 0.2) is 12.1 Å². The van der Waals surface area contributed by atoms with E-state index in [1.807, 2.05) is 40.7 Å². The lowest BCUT2D eigenvalue weighted by Gasteiger charge is -2.17. The van der Waals surface area contributed by atoms with Crippen molar-refractivity contribution in [2.24, 2.45) is 5.92 Å². The Hall–Kier alpha value is -1.51. The number of anilines is 1. The van der Waals surface area contributed by atoms with Crippen molar-refractivity contribution in [2.45, 2.75) is 40.7 Å². The van der Waals surface area contributed by atoms with Gasteiger partial charge in [-0.05, 0) is 43.9 Å². The number of esters is 1. The standard InChI is InChI=1S/C14H21NO2/c1-8(2)11(5)17-14(16)12-7-13(15)10(4)6-9(12)3/h6-8,11H,15H2,1-5H3. The molecule has 3 nitrogen and oxygen atoms in total. The number of nitrogen functional groups attached to an aromatic ring is 1. The van der Waals surface area contributed by atoms with Crippen LogP contribution >= 0.6 is 0 Å². The number of aryl methyl sites for hydroxylation is 2. The highest BCUT2D eigenvalue weighted by atomic mass is 16.5. The Morgan fingerprint density at radius 1 is 1.18 bits per heavy atom. The second-order valence-corrected chi connectivity index (χ2v) is 4.88.